The number of carbonyl (C=O) groups is 3. The SMILES string of the molecule is CCOC(=O)[C@H]1CCCN(C(=O)[C@@H]2CC(=O)N(c3ccc(OCC)cc3)C2)C1. The minimum Gasteiger partial charge on any atom is -0.494 e. The molecule has 2 atom stereocenters. The smallest absolute Gasteiger partial charge is 0.310 e. The number of anilines is 1. The molecule has 2 aliphatic rings. The van der Waals surface area contributed by atoms with Gasteiger partial charge in [-0.25, -0.2) is 0 Å². The van der Waals surface area contributed by atoms with Crippen molar-refractivity contribution in [3.05, 3.63) is 24.3 Å². The summed E-state index contributed by atoms with van der Waals surface area (Å²) in [5.41, 5.74) is 0.770. The normalized spacial score (nSPS) is 22.3. The average molecular weight is 388 g/mol. The number of nitrogens with zero attached hydrogens (tertiary/aromatic N) is 2. The van der Waals surface area contributed by atoms with Crippen LogP contribution in [-0.2, 0) is 19.1 Å². The fourth-order valence-electron chi connectivity index (χ4n) is 3.90. The van der Waals surface area contributed by atoms with Crippen LogP contribution in [0.4, 0.5) is 5.69 Å². The Kier molecular flexibility index (Phi) is 6.54. The number of rotatable bonds is 6. The first-order valence-electron chi connectivity index (χ1n) is 10.0. The third-order valence-electron chi connectivity index (χ3n) is 5.29. The molecule has 2 amide bonds. The number of hydrogen-bond donors (Lipinski definition) is 0. The fraction of sp³-hybridized carbons (Fsp3) is 0.571. The quantitative estimate of drug-likeness (QED) is 0.699. The number of benzene rings is 1. The Morgan fingerprint density at radius 2 is 1.82 bits per heavy atom. The maximum Gasteiger partial charge on any atom is 0.310 e. The molecule has 0 bridgehead atoms. The van der Waals surface area contributed by atoms with Crippen LogP contribution in [0.2, 0.25) is 0 Å². The molecule has 0 aliphatic carbocycles. The molecule has 7 nitrogen and oxygen atoms in total. The lowest BCUT2D eigenvalue weighted by Gasteiger charge is -2.33. The average Bonchev–Trinajstić information content (AvgIpc) is 3.10. The maximum atomic E-state index is 13.0. The second kappa shape index (κ2) is 9.08. The number of hydrogen-bond acceptors (Lipinski definition) is 5. The van der Waals surface area contributed by atoms with Gasteiger partial charge in [-0.2, -0.15) is 0 Å². The molecule has 2 fully saturated rings. The Balaban J connectivity index is 1.62. The molecule has 0 unspecified atom stereocenters. The van der Waals surface area contributed by atoms with Crippen molar-refractivity contribution in [1.82, 2.24) is 4.90 Å². The van der Waals surface area contributed by atoms with E-state index in [0.29, 0.717) is 32.8 Å². The van der Waals surface area contributed by atoms with Gasteiger partial charge in [0.25, 0.3) is 0 Å². The van der Waals surface area contributed by atoms with Crippen molar-refractivity contribution < 1.29 is 23.9 Å². The van der Waals surface area contributed by atoms with E-state index in [1.165, 1.54) is 0 Å². The molecule has 28 heavy (non-hydrogen) atoms. The molecular weight excluding hydrogens is 360 g/mol. The summed E-state index contributed by atoms with van der Waals surface area (Å²) >= 11 is 0. The molecule has 3 rings (SSSR count). The fourth-order valence-corrected chi connectivity index (χ4v) is 3.90. The standard InChI is InChI=1S/C21H28N2O5/c1-3-27-18-9-7-17(8-10-18)23-14-16(12-19(23)24)20(25)22-11-5-6-15(13-22)21(26)28-4-2/h7-10,15-16H,3-6,11-14H2,1-2H3/t15-,16+/m0/s1. The predicted octanol–water partition coefficient (Wildman–Crippen LogP) is 2.24. The highest BCUT2D eigenvalue weighted by Gasteiger charge is 2.39. The first-order valence-corrected chi connectivity index (χ1v) is 10.0. The number of amides is 2. The zero-order valence-electron chi connectivity index (χ0n) is 16.6. The van der Waals surface area contributed by atoms with E-state index >= 15 is 0 Å². The third-order valence-corrected chi connectivity index (χ3v) is 5.29. The van der Waals surface area contributed by atoms with Crippen LogP contribution >= 0.6 is 0 Å². The third kappa shape index (κ3) is 4.46. The van der Waals surface area contributed by atoms with Crippen molar-refractivity contribution in [2.24, 2.45) is 11.8 Å². The van der Waals surface area contributed by atoms with Gasteiger partial charge >= 0.3 is 5.97 Å². The van der Waals surface area contributed by atoms with Gasteiger partial charge in [0.1, 0.15) is 5.75 Å². The van der Waals surface area contributed by atoms with E-state index in [4.69, 9.17) is 9.47 Å². The van der Waals surface area contributed by atoms with Gasteiger partial charge in [-0.05, 0) is 51.0 Å². The van der Waals surface area contributed by atoms with E-state index in [1.54, 1.807) is 16.7 Å². The molecule has 2 saturated heterocycles. The van der Waals surface area contributed by atoms with E-state index in [9.17, 15) is 14.4 Å². The summed E-state index contributed by atoms with van der Waals surface area (Å²) in [4.78, 5) is 40.9. The zero-order valence-corrected chi connectivity index (χ0v) is 16.6. The van der Waals surface area contributed by atoms with Crippen molar-refractivity contribution in [3.8, 4) is 5.75 Å². The summed E-state index contributed by atoms with van der Waals surface area (Å²) in [6.45, 7) is 6.00. The van der Waals surface area contributed by atoms with Crippen molar-refractivity contribution in [2.75, 3.05) is 37.7 Å². The van der Waals surface area contributed by atoms with Crippen LogP contribution in [0.3, 0.4) is 0 Å². The highest BCUT2D eigenvalue weighted by Crippen LogP contribution is 2.29. The number of carbonyl (C=O) groups excluding carboxylic acids is 3. The Labute approximate surface area is 165 Å². The van der Waals surface area contributed by atoms with Crippen LogP contribution in [0.15, 0.2) is 24.3 Å². The Morgan fingerprint density at radius 3 is 2.50 bits per heavy atom. The molecule has 0 N–H and O–H groups in total. The highest BCUT2D eigenvalue weighted by atomic mass is 16.5. The van der Waals surface area contributed by atoms with E-state index in [0.717, 1.165) is 24.3 Å². The Bertz CT molecular complexity index is 718. The Morgan fingerprint density at radius 1 is 1.07 bits per heavy atom. The molecule has 0 aromatic heterocycles. The molecular formula is C21H28N2O5. The van der Waals surface area contributed by atoms with Gasteiger partial charge < -0.3 is 19.3 Å². The largest absolute Gasteiger partial charge is 0.494 e. The van der Waals surface area contributed by atoms with Gasteiger partial charge in [0.2, 0.25) is 11.8 Å². The van der Waals surface area contributed by atoms with Gasteiger partial charge in [0.05, 0.1) is 25.0 Å². The summed E-state index contributed by atoms with van der Waals surface area (Å²) in [5, 5.41) is 0. The van der Waals surface area contributed by atoms with Crippen LogP contribution in [0, 0.1) is 11.8 Å². The van der Waals surface area contributed by atoms with E-state index < -0.39 is 0 Å². The second-order valence-electron chi connectivity index (χ2n) is 7.21. The van der Waals surface area contributed by atoms with Crippen LogP contribution in [0.1, 0.15) is 33.1 Å². The molecule has 7 heteroatoms. The summed E-state index contributed by atoms with van der Waals surface area (Å²) in [5.74, 6) is -0.225. The van der Waals surface area contributed by atoms with Gasteiger partial charge in [-0.3, -0.25) is 14.4 Å². The summed E-state index contributed by atoms with van der Waals surface area (Å²) in [6, 6.07) is 7.34. The van der Waals surface area contributed by atoms with Crippen molar-refractivity contribution >= 4 is 23.5 Å². The van der Waals surface area contributed by atoms with Gasteiger partial charge in [-0.15, -0.1) is 0 Å². The maximum absolute atomic E-state index is 13.0. The lowest BCUT2D eigenvalue weighted by atomic mass is 9.96. The van der Waals surface area contributed by atoms with Crippen LogP contribution in [0.25, 0.3) is 0 Å². The first kappa shape index (κ1) is 20.2. The number of piperidine rings is 1. The van der Waals surface area contributed by atoms with Gasteiger partial charge in [-0.1, -0.05) is 0 Å². The summed E-state index contributed by atoms with van der Waals surface area (Å²) < 4.78 is 10.5. The van der Waals surface area contributed by atoms with Gasteiger partial charge in [0, 0.05) is 31.7 Å². The topological polar surface area (TPSA) is 76.2 Å². The van der Waals surface area contributed by atoms with Crippen molar-refractivity contribution in [3.63, 3.8) is 0 Å². The molecule has 0 spiro atoms. The zero-order chi connectivity index (χ0) is 20.1. The number of ether oxygens (including phenoxy) is 2. The minimum atomic E-state index is -0.375. The molecule has 2 heterocycles. The van der Waals surface area contributed by atoms with Crippen LogP contribution in [-0.4, -0.2) is 55.5 Å². The summed E-state index contributed by atoms with van der Waals surface area (Å²) in [6.07, 6.45) is 1.72. The summed E-state index contributed by atoms with van der Waals surface area (Å²) in [7, 11) is 0. The minimum absolute atomic E-state index is 0.0456. The lowest BCUT2D eigenvalue weighted by Crippen LogP contribution is -2.45. The van der Waals surface area contributed by atoms with E-state index in [1.807, 2.05) is 31.2 Å². The molecule has 0 saturated carbocycles. The van der Waals surface area contributed by atoms with Gasteiger partial charge in [0.15, 0.2) is 0 Å². The molecule has 0 radical (unpaired) electrons. The monoisotopic (exact) mass is 388 g/mol. The number of likely N-dealkylation sites (tertiary alicyclic amines) is 1. The Hall–Kier alpha value is -2.57. The van der Waals surface area contributed by atoms with E-state index in [2.05, 4.69) is 0 Å². The predicted molar refractivity (Wildman–Crippen MR) is 104 cm³/mol. The lowest BCUT2D eigenvalue weighted by molar-refractivity contribution is -0.152. The molecule has 1 aromatic carbocycles. The van der Waals surface area contributed by atoms with Crippen LogP contribution in [0.5, 0.6) is 5.75 Å². The van der Waals surface area contributed by atoms with Crippen molar-refractivity contribution in [1.29, 1.82) is 0 Å². The first-order chi connectivity index (χ1) is 13.5. The van der Waals surface area contributed by atoms with Crippen LogP contribution < -0.4 is 9.64 Å². The van der Waals surface area contributed by atoms with E-state index in [-0.39, 0.29) is 36.0 Å². The molecule has 1 aromatic rings. The second-order valence-corrected chi connectivity index (χ2v) is 7.21. The van der Waals surface area contributed by atoms with Crippen molar-refractivity contribution in [2.45, 2.75) is 33.1 Å². The molecule has 152 valence electrons. The highest BCUT2D eigenvalue weighted by molar-refractivity contribution is 6.00. The molecule has 2 aliphatic heterocycles. The number of esters is 1.